The van der Waals surface area contributed by atoms with Gasteiger partial charge in [-0.05, 0) is 36.5 Å². The third kappa shape index (κ3) is 5.46. The molecule has 0 saturated heterocycles. The molecule has 5 rings (SSSR count). The number of aryl methyl sites for hydroxylation is 1. The molecule has 1 aliphatic rings. The highest BCUT2D eigenvalue weighted by atomic mass is 16.1. The van der Waals surface area contributed by atoms with Gasteiger partial charge in [0, 0.05) is 60.8 Å². The molecule has 35 heavy (non-hydrogen) atoms. The van der Waals surface area contributed by atoms with Crippen LogP contribution in [0, 0.1) is 12.8 Å². The summed E-state index contributed by atoms with van der Waals surface area (Å²) in [6, 6.07) is 17.1. The lowest BCUT2D eigenvalue weighted by Gasteiger charge is -2.18. The largest absolute Gasteiger partial charge is 0.356 e. The van der Waals surface area contributed by atoms with Crippen LogP contribution in [-0.2, 0) is 17.8 Å². The average molecular weight is 465 g/mol. The monoisotopic (exact) mass is 464 g/mol. The highest BCUT2D eigenvalue weighted by Gasteiger charge is 2.23. The second-order valence-electron chi connectivity index (χ2n) is 9.41. The number of carbonyl (C=O) groups excluding carboxylic acids is 1. The predicted molar refractivity (Wildman–Crippen MR) is 141 cm³/mol. The van der Waals surface area contributed by atoms with Crippen LogP contribution in [-0.4, -0.2) is 27.0 Å². The van der Waals surface area contributed by atoms with Crippen molar-refractivity contribution in [3.05, 3.63) is 114 Å². The van der Waals surface area contributed by atoms with Crippen molar-refractivity contribution >= 4 is 16.8 Å². The summed E-state index contributed by atoms with van der Waals surface area (Å²) in [6.07, 6.45) is 16.7. The maximum Gasteiger partial charge on any atom is 0.220 e. The summed E-state index contributed by atoms with van der Waals surface area (Å²) < 4.78 is 2.37. The summed E-state index contributed by atoms with van der Waals surface area (Å²) in [7, 11) is 0. The molecule has 0 aliphatic heterocycles. The molecule has 2 aromatic heterocycles. The number of allylic oxidation sites excluding steroid dienone is 4. The maximum absolute atomic E-state index is 13.1. The molecule has 2 unspecified atom stereocenters. The first-order valence-corrected chi connectivity index (χ1v) is 12.4. The number of rotatable bonds is 9. The van der Waals surface area contributed by atoms with Crippen LogP contribution >= 0.6 is 0 Å². The molecular weight excluding hydrogens is 432 g/mol. The van der Waals surface area contributed by atoms with Gasteiger partial charge in [0.25, 0.3) is 0 Å². The molecule has 4 aromatic rings. The maximum atomic E-state index is 13.1. The first kappa shape index (κ1) is 22.9. The number of benzene rings is 2. The fraction of sp³-hybridized carbons (Fsp3) is 0.267. The zero-order valence-corrected chi connectivity index (χ0v) is 20.2. The van der Waals surface area contributed by atoms with Crippen LogP contribution in [0.3, 0.4) is 0 Å². The Kier molecular flexibility index (Phi) is 6.94. The quantitative estimate of drug-likeness (QED) is 0.334. The number of nitrogens with one attached hydrogen (secondary N) is 2. The predicted octanol–water partition coefficient (Wildman–Crippen LogP) is 5.69. The Morgan fingerprint density at radius 1 is 1.20 bits per heavy atom. The zero-order chi connectivity index (χ0) is 24.0. The van der Waals surface area contributed by atoms with Gasteiger partial charge in [-0.3, -0.25) is 4.79 Å². The van der Waals surface area contributed by atoms with E-state index in [2.05, 4.69) is 106 Å². The number of hydrogen-bond donors (Lipinski definition) is 2. The minimum atomic E-state index is -0.0185. The van der Waals surface area contributed by atoms with Crippen LogP contribution in [0.5, 0.6) is 0 Å². The SMILES string of the molecule is Cc1cccc(C(CC(=O)NCCc2cnc[nH]2)c2cn(CC3C=CC=CC3)c3ccccc23)c1. The van der Waals surface area contributed by atoms with E-state index in [-0.39, 0.29) is 11.8 Å². The van der Waals surface area contributed by atoms with Crippen molar-refractivity contribution in [2.24, 2.45) is 5.92 Å². The van der Waals surface area contributed by atoms with Crippen LogP contribution < -0.4 is 5.32 Å². The first-order chi connectivity index (χ1) is 17.2. The van der Waals surface area contributed by atoms with Crippen LogP contribution in [0.1, 0.15) is 41.1 Å². The van der Waals surface area contributed by atoms with Crippen molar-refractivity contribution in [2.75, 3.05) is 6.54 Å². The number of aromatic amines is 1. The summed E-state index contributed by atoms with van der Waals surface area (Å²) in [6.45, 7) is 3.63. The standard InChI is InChI=1S/C30H32N4O/c1-22-8-7-11-24(16-22)27(17-30(35)32-15-14-25-18-31-21-33-25)28-20-34(19-23-9-3-2-4-10-23)29-13-6-5-12-26(28)29/h2-9,11-13,16,18,20-21,23,27H,10,14-15,17,19H2,1H3,(H,31,33)(H,32,35). The molecule has 0 bridgehead atoms. The lowest BCUT2D eigenvalue weighted by atomic mass is 9.87. The number of amides is 1. The molecule has 1 aliphatic carbocycles. The number of fused-ring (bicyclic) bond motifs is 1. The number of H-pyrrole nitrogens is 1. The van der Waals surface area contributed by atoms with E-state index in [1.165, 1.54) is 27.6 Å². The summed E-state index contributed by atoms with van der Waals surface area (Å²) >= 11 is 0. The van der Waals surface area contributed by atoms with Gasteiger partial charge in [-0.25, -0.2) is 4.98 Å². The molecule has 0 saturated carbocycles. The van der Waals surface area contributed by atoms with E-state index in [0.29, 0.717) is 18.9 Å². The molecule has 2 heterocycles. The highest BCUT2D eigenvalue weighted by Crippen LogP contribution is 2.35. The van der Waals surface area contributed by atoms with Crippen molar-refractivity contribution < 1.29 is 4.79 Å². The molecule has 0 spiro atoms. The van der Waals surface area contributed by atoms with Gasteiger partial charge in [-0.15, -0.1) is 0 Å². The van der Waals surface area contributed by atoms with Gasteiger partial charge >= 0.3 is 0 Å². The van der Waals surface area contributed by atoms with Gasteiger partial charge < -0.3 is 14.9 Å². The molecule has 0 radical (unpaired) electrons. The topological polar surface area (TPSA) is 62.7 Å². The number of carbonyl (C=O) groups is 1. The fourth-order valence-electron chi connectivity index (χ4n) is 5.03. The van der Waals surface area contributed by atoms with E-state index < -0.39 is 0 Å². The smallest absolute Gasteiger partial charge is 0.220 e. The Balaban J connectivity index is 1.44. The summed E-state index contributed by atoms with van der Waals surface area (Å²) in [5.74, 6) is 0.523. The van der Waals surface area contributed by atoms with Crippen LogP contribution in [0.4, 0.5) is 0 Å². The number of imidazole rings is 1. The molecule has 1 amide bonds. The Hall–Kier alpha value is -3.86. The van der Waals surface area contributed by atoms with E-state index in [9.17, 15) is 4.79 Å². The second kappa shape index (κ2) is 10.6. The summed E-state index contributed by atoms with van der Waals surface area (Å²) in [4.78, 5) is 20.3. The third-order valence-electron chi connectivity index (χ3n) is 6.80. The van der Waals surface area contributed by atoms with Gasteiger partial charge in [0.15, 0.2) is 0 Å². The molecule has 178 valence electrons. The highest BCUT2D eigenvalue weighted by molar-refractivity contribution is 5.86. The molecule has 2 aromatic carbocycles. The minimum absolute atomic E-state index is 0.0185. The minimum Gasteiger partial charge on any atom is -0.356 e. The lowest BCUT2D eigenvalue weighted by molar-refractivity contribution is -0.121. The number of para-hydroxylation sites is 1. The van der Waals surface area contributed by atoms with Crippen molar-refractivity contribution in [3.63, 3.8) is 0 Å². The third-order valence-corrected chi connectivity index (χ3v) is 6.80. The summed E-state index contributed by atoms with van der Waals surface area (Å²) in [5, 5.41) is 4.34. The van der Waals surface area contributed by atoms with Crippen molar-refractivity contribution in [3.8, 4) is 0 Å². The van der Waals surface area contributed by atoms with Crippen molar-refractivity contribution in [1.29, 1.82) is 0 Å². The first-order valence-electron chi connectivity index (χ1n) is 12.4. The fourth-order valence-corrected chi connectivity index (χ4v) is 5.03. The molecule has 5 heteroatoms. The molecule has 2 N–H and O–H groups in total. The van der Waals surface area contributed by atoms with Crippen LogP contribution in [0.15, 0.2) is 91.6 Å². The van der Waals surface area contributed by atoms with Crippen LogP contribution in [0.2, 0.25) is 0 Å². The number of aromatic nitrogens is 3. The zero-order valence-electron chi connectivity index (χ0n) is 20.2. The van der Waals surface area contributed by atoms with Crippen molar-refractivity contribution in [2.45, 2.75) is 38.6 Å². The van der Waals surface area contributed by atoms with Gasteiger partial charge in [-0.1, -0.05) is 72.3 Å². The Morgan fingerprint density at radius 2 is 2.11 bits per heavy atom. The van der Waals surface area contributed by atoms with E-state index in [1.807, 2.05) is 0 Å². The van der Waals surface area contributed by atoms with Gasteiger partial charge in [0.2, 0.25) is 5.91 Å². The second-order valence-corrected chi connectivity index (χ2v) is 9.41. The Morgan fingerprint density at radius 3 is 2.91 bits per heavy atom. The number of nitrogens with zero attached hydrogens (tertiary/aromatic N) is 2. The van der Waals surface area contributed by atoms with E-state index >= 15 is 0 Å². The Labute approximate surface area is 206 Å². The van der Waals surface area contributed by atoms with Gasteiger partial charge in [-0.2, -0.15) is 0 Å². The normalized spacial score (nSPS) is 16.0. The number of hydrogen-bond acceptors (Lipinski definition) is 2. The molecule has 5 nitrogen and oxygen atoms in total. The lowest BCUT2D eigenvalue weighted by Crippen LogP contribution is -2.27. The molecular formula is C30H32N4O. The molecule has 0 fully saturated rings. The van der Waals surface area contributed by atoms with Gasteiger partial charge in [0.1, 0.15) is 0 Å². The van der Waals surface area contributed by atoms with E-state index in [1.54, 1.807) is 12.5 Å². The Bertz CT molecular complexity index is 1350. The molecule has 2 atom stereocenters. The summed E-state index contributed by atoms with van der Waals surface area (Å²) in [5.41, 5.74) is 5.84. The average Bonchev–Trinajstić information content (AvgIpc) is 3.52. The van der Waals surface area contributed by atoms with Crippen molar-refractivity contribution in [1.82, 2.24) is 19.9 Å². The van der Waals surface area contributed by atoms with E-state index in [0.717, 1.165) is 25.1 Å². The van der Waals surface area contributed by atoms with Gasteiger partial charge in [0.05, 0.1) is 6.33 Å². The van der Waals surface area contributed by atoms with E-state index in [4.69, 9.17) is 0 Å². The van der Waals surface area contributed by atoms with Crippen LogP contribution in [0.25, 0.3) is 10.9 Å².